The first-order valence-corrected chi connectivity index (χ1v) is 6.28. The number of fused-ring (bicyclic) bond motifs is 1. The van der Waals surface area contributed by atoms with Crippen molar-refractivity contribution in [3.05, 3.63) is 16.7 Å². The third kappa shape index (κ3) is 4.05. The molecule has 2 rings (SSSR count). The molecule has 0 saturated heterocycles. The normalized spacial score (nSPS) is 20.7. The summed E-state index contributed by atoms with van der Waals surface area (Å²) in [6.45, 7) is -8.17. The van der Waals surface area contributed by atoms with E-state index in [4.69, 9.17) is 27.2 Å². The van der Waals surface area contributed by atoms with Gasteiger partial charge in [-0.05, 0) is 5.89 Å². The van der Waals surface area contributed by atoms with Crippen LogP contribution in [0.5, 0.6) is 0 Å². The van der Waals surface area contributed by atoms with Crippen LogP contribution in [0.15, 0.2) is 11.1 Å². The van der Waals surface area contributed by atoms with E-state index in [0.29, 0.717) is 0 Å². The fraction of sp³-hybridized carbons (Fsp3) is 0.538. The highest BCUT2D eigenvalue weighted by Crippen LogP contribution is 2.06. The van der Waals surface area contributed by atoms with Crippen LogP contribution in [-0.2, 0) is 21.0 Å². The zero-order valence-corrected chi connectivity index (χ0v) is 11.8. The molecule has 0 fully saturated rings. The Morgan fingerprint density at radius 2 is 2.35 bits per heavy atom. The third-order valence-corrected chi connectivity index (χ3v) is 2.67. The van der Waals surface area contributed by atoms with Crippen LogP contribution in [-0.4, -0.2) is 44.7 Å². The number of nitrogen functional groups attached to an aromatic ring is 1. The van der Waals surface area contributed by atoms with E-state index >= 15 is 0 Å². The Balaban J connectivity index is 2.00. The van der Waals surface area contributed by atoms with E-state index in [1.165, 1.54) is 10.9 Å². The lowest BCUT2D eigenvalue weighted by Crippen LogP contribution is -2.37. The molecule has 0 aliphatic heterocycles. The molecule has 0 amide bonds. The number of aromatic nitrogens is 4. The van der Waals surface area contributed by atoms with Crippen LogP contribution >= 0.6 is 0 Å². The zero-order valence-electron chi connectivity index (χ0n) is 19.8. The summed E-state index contributed by atoms with van der Waals surface area (Å²) in [6.07, 6.45) is 1.26. The van der Waals surface area contributed by atoms with Gasteiger partial charge in [0.1, 0.15) is 19.4 Å². The Morgan fingerprint density at radius 3 is 3.09 bits per heavy atom. The predicted octanol–water partition coefficient (Wildman–Crippen LogP) is -0.798. The number of rotatable bonds is 7. The van der Waals surface area contributed by atoms with Crippen LogP contribution in [0.3, 0.4) is 0 Å². The van der Waals surface area contributed by atoms with E-state index in [1.807, 2.05) is 0 Å². The van der Waals surface area contributed by atoms with E-state index in [0.717, 1.165) is 0 Å². The molecular weight excluding hydrogens is 304 g/mol. The zero-order chi connectivity index (χ0) is 23.8. The number of H-pyrrole nitrogens is 1. The maximum absolute atomic E-state index is 12.2. The van der Waals surface area contributed by atoms with Crippen molar-refractivity contribution in [2.75, 3.05) is 18.9 Å². The highest BCUT2D eigenvalue weighted by Gasteiger charge is 2.18. The van der Waals surface area contributed by atoms with Gasteiger partial charge in [-0.25, -0.2) is 4.98 Å². The second-order valence-electron chi connectivity index (χ2n) is 4.30. The number of nitrogens with one attached hydrogen (secondary N) is 1. The van der Waals surface area contributed by atoms with E-state index < -0.39 is 43.8 Å². The van der Waals surface area contributed by atoms with Crippen LogP contribution in [0.2, 0.25) is 0 Å². The minimum Gasteiger partial charge on any atom is -0.462 e. The van der Waals surface area contributed by atoms with Gasteiger partial charge in [-0.1, -0.05) is 13.7 Å². The second kappa shape index (κ2) is 7.20. The summed E-state index contributed by atoms with van der Waals surface area (Å²) >= 11 is 0. The molecule has 5 N–H and O–H groups in total. The van der Waals surface area contributed by atoms with Crippen LogP contribution in [0.1, 0.15) is 24.7 Å². The number of aromatic amines is 1. The number of hydrogen-bond donors (Lipinski definition) is 3. The molecule has 0 aromatic carbocycles. The molecule has 1 atom stereocenters. The molecule has 10 heteroatoms. The molecule has 23 heavy (non-hydrogen) atoms. The monoisotopic (exact) mass is 332 g/mol. The van der Waals surface area contributed by atoms with Gasteiger partial charge in [-0.3, -0.25) is 19.1 Å². The van der Waals surface area contributed by atoms with E-state index in [9.17, 15) is 9.59 Å². The smallest absolute Gasteiger partial charge is 0.323 e. The second-order valence-corrected chi connectivity index (χ2v) is 4.30. The Bertz CT molecular complexity index is 1000. The number of anilines is 1. The van der Waals surface area contributed by atoms with Crippen LogP contribution in [0.25, 0.3) is 11.2 Å². The van der Waals surface area contributed by atoms with Gasteiger partial charge in [0.05, 0.1) is 14.3 Å². The van der Waals surface area contributed by atoms with E-state index in [-0.39, 0.29) is 30.4 Å². The third-order valence-electron chi connectivity index (χ3n) is 2.67. The number of nitrogens with two attached hydrogens (primary N) is 2. The van der Waals surface area contributed by atoms with Gasteiger partial charge in [0, 0.05) is 9.60 Å². The Labute approximate surface area is 143 Å². The molecule has 0 spiro atoms. The Kier molecular flexibility index (Phi) is 2.81. The lowest BCUT2D eigenvalue weighted by molar-refractivity contribution is -0.148. The Morgan fingerprint density at radius 1 is 1.57 bits per heavy atom. The number of esters is 1. The molecule has 0 aliphatic rings. The van der Waals surface area contributed by atoms with Crippen LogP contribution < -0.4 is 17.0 Å². The van der Waals surface area contributed by atoms with Gasteiger partial charge in [0.2, 0.25) is 5.95 Å². The highest BCUT2D eigenvalue weighted by molar-refractivity contribution is 5.75. The van der Waals surface area contributed by atoms with Crippen molar-refractivity contribution in [2.45, 2.75) is 26.5 Å². The number of carbonyl (C=O) groups excluding carboxylic acids is 1. The molecule has 10 nitrogen and oxygen atoms in total. The largest absolute Gasteiger partial charge is 0.462 e. The highest BCUT2D eigenvalue weighted by atomic mass is 16.6. The maximum atomic E-state index is 12.2. The standard InChI is InChI=1S/C13H20N6O4/c1-7(2)8(14)12(21)23-4-3-22-6-19-5-16-9-10(19)17-13(15)18-11(9)20/h5,7-8H,3-4,6,14H2,1-2H3,(H3,15,17,18,20)/i1D3,2D3,7D,8D. The first kappa shape index (κ1) is 8.99. The number of hydrogen-bond acceptors (Lipinski definition) is 8. The lowest BCUT2D eigenvalue weighted by Gasteiger charge is -2.14. The number of ether oxygens (including phenoxy) is 2. The minimum absolute atomic E-state index is 0.0208. The molecule has 0 radical (unpaired) electrons. The van der Waals surface area contributed by atoms with Gasteiger partial charge in [-0.2, -0.15) is 4.98 Å². The average molecular weight is 332 g/mol. The summed E-state index contributed by atoms with van der Waals surface area (Å²) < 4.78 is 70.8. The predicted molar refractivity (Wildman–Crippen MR) is 82.3 cm³/mol. The first-order valence-electron chi connectivity index (χ1n) is 10.3. The Hall–Kier alpha value is -2.46. The van der Waals surface area contributed by atoms with Crippen molar-refractivity contribution in [3.8, 4) is 0 Å². The van der Waals surface area contributed by atoms with Gasteiger partial charge in [-0.15, -0.1) is 0 Å². The molecule has 1 unspecified atom stereocenters. The molecule has 2 heterocycles. The summed E-state index contributed by atoms with van der Waals surface area (Å²) in [6, 6.07) is -3.42. The molecule has 0 bridgehead atoms. The SMILES string of the molecule is [2H]C([2H])([2H])C([2H])(C([2H])([2H])[2H])C([2H])(N)C(=O)OCCOCn1cnc2c(=O)[nH]c(N)nc21. The summed E-state index contributed by atoms with van der Waals surface area (Å²) in [7, 11) is 0. The van der Waals surface area contributed by atoms with Crippen molar-refractivity contribution in [2.24, 2.45) is 11.6 Å². The van der Waals surface area contributed by atoms with Crippen LogP contribution in [0.4, 0.5) is 5.95 Å². The molecular formula is C13H20N6O4. The average Bonchev–Trinajstić information content (AvgIpc) is 3.01. The van der Waals surface area contributed by atoms with E-state index in [1.54, 1.807) is 0 Å². The minimum atomic E-state index is -3.64. The van der Waals surface area contributed by atoms with Gasteiger partial charge in [0.15, 0.2) is 11.2 Å². The van der Waals surface area contributed by atoms with Crippen molar-refractivity contribution in [3.63, 3.8) is 0 Å². The number of carbonyl (C=O) groups is 1. The fourth-order valence-corrected chi connectivity index (χ4v) is 1.60. The van der Waals surface area contributed by atoms with Crippen molar-refractivity contribution in [1.82, 2.24) is 19.5 Å². The molecule has 2 aromatic rings. The molecule has 0 aliphatic carbocycles. The quantitative estimate of drug-likeness (QED) is 0.440. The molecule has 2 aromatic heterocycles. The number of imidazole rings is 1. The molecule has 0 saturated carbocycles. The van der Waals surface area contributed by atoms with Gasteiger partial charge in [0.25, 0.3) is 5.56 Å². The lowest BCUT2D eigenvalue weighted by atomic mass is 10.1. The van der Waals surface area contributed by atoms with Crippen molar-refractivity contribution >= 4 is 23.1 Å². The maximum Gasteiger partial charge on any atom is 0.323 e. The van der Waals surface area contributed by atoms with E-state index in [2.05, 4.69) is 19.7 Å². The summed E-state index contributed by atoms with van der Waals surface area (Å²) in [5, 5.41) is 0. The van der Waals surface area contributed by atoms with Gasteiger partial charge >= 0.3 is 5.97 Å². The van der Waals surface area contributed by atoms with Gasteiger partial charge < -0.3 is 20.9 Å². The van der Waals surface area contributed by atoms with Crippen molar-refractivity contribution in [1.29, 1.82) is 0 Å². The summed E-state index contributed by atoms with van der Waals surface area (Å²) in [5.74, 6) is -5.49. The summed E-state index contributed by atoms with van der Waals surface area (Å²) in [5.41, 5.74) is 10.5. The first-order chi connectivity index (χ1) is 14.0. The van der Waals surface area contributed by atoms with Crippen LogP contribution in [0, 0.1) is 5.89 Å². The fourth-order valence-electron chi connectivity index (χ4n) is 1.60. The molecule has 126 valence electrons. The van der Waals surface area contributed by atoms with Crippen molar-refractivity contribution < 1.29 is 25.2 Å². The summed E-state index contributed by atoms with van der Waals surface area (Å²) in [4.78, 5) is 33.9. The number of nitrogens with zero attached hydrogens (tertiary/aromatic N) is 3. The topological polar surface area (TPSA) is 151 Å².